The van der Waals surface area contributed by atoms with Gasteiger partial charge < -0.3 is 18.9 Å². The maximum atomic E-state index is 11.8. The lowest BCUT2D eigenvalue weighted by atomic mass is 9.60. The molecule has 1 N–H and O–H groups in total. The summed E-state index contributed by atoms with van der Waals surface area (Å²) in [7, 11) is -2.71. The smallest absolute Gasteiger partial charge is 0.397 e. The Morgan fingerprint density at radius 1 is 1.10 bits per heavy atom. The molecule has 9 nitrogen and oxygen atoms in total. The first-order chi connectivity index (χ1) is 14.8. The third kappa shape index (κ3) is 2.68. The van der Waals surface area contributed by atoms with Crippen LogP contribution in [0.2, 0.25) is 0 Å². The molecule has 3 heterocycles. The van der Waals surface area contributed by atoms with E-state index in [1.165, 1.54) is 0 Å². The monoisotopic (exact) mass is 447 g/mol. The van der Waals surface area contributed by atoms with Gasteiger partial charge in [0.25, 0.3) is 0 Å². The summed E-state index contributed by atoms with van der Waals surface area (Å²) in [6.45, 7) is 2.84. The van der Waals surface area contributed by atoms with Gasteiger partial charge in [-0.2, -0.15) is 8.42 Å². The predicted octanol–water partition coefficient (Wildman–Crippen LogP) is 2.33. The Morgan fingerprint density at radius 3 is 2.58 bits per heavy atom. The maximum Gasteiger partial charge on any atom is 0.397 e. The average molecular weight is 447 g/mol. The van der Waals surface area contributed by atoms with Crippen LogP contribution in [0.4, 0.5) is 0 Å². The summed E-state index contributed by atoms with van der Waals surface area (Å²) in [6.07, 6.45) is -0.567. The highest BCUT2D eigenvalue weighted by Gasteiger charge is 2.55. The van der Waals surface area contributed by atoms with Gasteiger partial charge in [-0.05, 0) is 41.9 Å². The second-order valence-corrected chi connectivity index (χ2v) is 9.59. The van der Waals surface area contributed by atoms with Crippen molar-refractivity contribution in [2.45, 2.75) is 37.5 Å². The topological polar surface area (TPSA) is 104 Å². The minimum absolute atomic E-state index is 0.146. The molecule has 6 rings (SSSR count). The molecule has 0 unspecified atom stereocenters. The van der Waals surface area contributed by atoms with Gasteiger partial charge in [-0.25, -0.2) is 4.18 Å². The minimum atomic E-state index is -4.69. The second kappa shape index (κ2) is 6.26. The first-order valence-electron chi connectivity index (χ1n) is 9.96. The zero-order valence-electron chi connectivity index (χ0n) is 17.0. The molecule has 2 aromatic carbocycles. The lowest BCUT2D eigenvalue weighted by Gasteiger charge is -2.54. The van der Waals surface area contributed by atoms with Gasteiger partial charge in [0.2, 0.25) is 13.6 Å². The van der Waals surface area contributed by atoms with Gasteiger partial charge in [-0.3, -0.25) is 9.45 Å². The minimum Gasteiger partial charge on any atom is -0.454 e. The molecule has 0 amide bonds. The second-order valence-electron chi connectivity index (χ2n) is 8.55. The van der Waals surface area contributed by atoms with Gasteiger partial charge in [0.05, 0.1) is 6.10 Å². The first kappa shape index (κ1) is 19.2. The molecule has 0 bridgehead atoms. The van der Waals surface area contributed by atoms with Crippen LogP contribution in [-0.4, -0.2) is 44.6 Å². The van der Waals surface area contributed by atoms with Gasteiger partial charge in [0, 0.05) is 30.0 Å². The molecule has 3 atom stereocenters. The fraction of sp³-hybridized carbons (Fsp3) is 0.429. The number of hydrogen-bond acceptors (Lipinski definition) is 8. The molecule has 0 fully saturated rings. The van der Waals surface area contributed by atoms with Crippen LogP contribution in [0.5, 0.6) is 23.0 Å². The average Bonchev–Trinajstić information content (AvgIpc) is 3.34. The van der Waals surface area contributed by atoms with E-state index in [0.717, 1.165) is 22.3 Å². The molecule has 10 heteroatoms. The Kier molecular flexibility index (Phi) is 3.87. The highest BCUT2D eigenvalue weighted by molar-refractivity contribution is 7.80. The lowest BCUT2D eigenvalue weighted by Crippen LogP contribution is -2.56. The Labute approximate surface area is 179 Å². The van der Waals surface area contributed by atoms with Crippen molar-refractivity contribution in [2.24, 2.45) is 0 Å². The van der Waals surface area contributed by atoms with E-state index in [4.69, 9.17) is 23.1 Å². The Balaban J connectivity index is 1.60. The van der Waals surface area contributed by atoms with E-state index < -0.39 is 21.9 Å². The van der Waals surface area contributed by atoms with Crippen molar-refractivity contribution in [3.8, 4) is 23.0 Å². The van der Waals surface area contributed by atoms with Crippen LogP contribution in [0.1, 0.15) is 35.2 Å². The molecule has 4 aliphatic rings. The third-order valence-electron chi connectivity index (χ3n) is 6.88. The SMILES string of the molecule is CN1Cc2c(ccc3c2OCO3)[C@@]2(C)[C@@H](OS(=O)(=O)O)Cc3cc4c(cc3[C@@H]12)OCO4. The maximum absolute atomic E-state index is 11.8. The van der Waals surface area contributed by atoms with Crippen molar-refractivity contribution >= 4 is 10.4 Å². The molecular formula is C21H21NO8S. The molecule has 0 radical (unpaired) electrons. The standard InChI is InChI=1S/C21H21NO8S/c1-21-14-3-4-15-19(29-10-26-15)13(14)8-22(2)20(21)12-7-17-16(27-9-28-17)5-11(12)6-18(21)30-31(23,24)25/h3-5,7,18,20H,6,8-10H2,1-2H3,(H,23,24,25)/t18-,20+,21-/m0/s1. The van der Waals surface area contributed by atoms with Crippen LogP contribution < -0.4 is 18.9 Å². The first-order valence-corrected chi connectivity index (χ1v) is 11.3. The summed E-state index contributed by atoms with van der Waals surface area (Å²) < 4.78 is 61.0. The Hall–Kier alpha value is -2.53. The summed E-state index contributed by atoms with van der Waals surface area (Å²) in [5.74, 6) is 2.63. The van der Waals surface area contributed by atoms with E-state index in [-0.39, 0.29) is 26.0 Å². The highest BCUT2D eigenvalue weighted by atomic mass is 32.3. The fourth-order valence-electron chi connectivity index (χ4n) is 5.67. The highest BCUT2D eigenvalue weighted by Crippen LogP contribution is 2.58. The molecule has 2 aromatic rings. The summed E-state index contributed by atoms with van der Waals surface area (Å²) in [5.41, 5.74) is 2.96. The van der Waals surface area contributed by atoms with E-state index in [0.29, 0.717) is 29.5 Å². The van der Waals surface area contributed by atoms with Gasteiger partial charge in [-0.1, -0.05) is 13.0 Å². The van der Waals surface area contributed by atoms with Gasteiger partial charge >= 0.3 is 10.4 Å². The summed E-state index contributed by atoms with van der Waals surface area (Å²) in [6, 6.07) is 7.40. The number of fused-ring (bicyclic) bond motifs is 8. The normalized spacial score (nSPS) is 28.1. The number of likely N-dealkylation sites (N-methyl/N-ethyl adjacent to an activating group) is 1. The van der Waals surface area contributed by atoms with Crippen molar-refractivity contribution in [3.05, 3.63) is 46.5 Å². The van der Waals surface area contributed by atoms with Crippen molar-refractivity contribution in [2.75, 3.05) is 20.6 Å². The summed E-state index contributed by atoms with van der Waals surface area (Å²) in [4.78, 5) is 2.14. The van der Waals surface area contributed by atoms with Crippen molar-refractivity contribution in [1.29, 1.82) is 0 Å². The van der Waals surface area contributed by atoms with Crippen LogP contribution >= 0.6 is 0 Å². The summed E-state index contributed by atoms with van der Waals surface area (Å²) in [5, 5.41) is 0. The zero-order chi connectivity index (χ0) is 21.5. The lowest BCUT2D eigenvalue weighted by molar-refractivity contribution is 0.0117. The van der Waals surface area contributed by atoms with E-state index in [1.807, 2.05) is 38.2 Å². The fourth-order valence-corrected chi connectivity index (χ4v) is 6.23. The number of nitrogens with zero attached hydrogens (tertiary/aromatic N) is 1. The van der Waals surface area contributed by atoms with Crippen molar-refractivity contribution < 1.29 is 36.1 Å². The van der Waals surface area contributed by atoms with Crippen LogP contribution in [0, 0.1) is 0 Å². The quantitative estimate of drug-likeness (QED) is 0.695. The number of rotatable bonds is 2. The van der Waals surface area contributed by atoms with E-state index >= 15 is 0 Å². The number of ether oxygens (including phenoxy) is 4. The molecule has 0 spiro atoms. The van der Waals surface area contributed by atoms with Crippen LogP contribution in [0.15, 0.2) is 24.3 Å². The van der Waals surface area contributed by atoms with Crippen LogP contribution in [0.25, 0.3) is 0 Å². The van der Waals surface area contributed by atoms with Gasteiger partial charge in [0.15, 0.2) is 23.0 Å². The molecule has 3 aliphatic heterocycles. The van der Waals surface area contributed by atoms with Gasteiger partial charge in [-0.15, -0.1) is 0 Å². The molecular weight excluding hydrogens is 426 g/mol. The Morgan fingerprint density at radius 2 is 1.81 bits per heavy atom. The predicted molar refractivity (Wildman–Crippen MR) is 107 cm³/mol. The summed E-state index contributed by atoms with van der Waals surface area (Å²) >= 11 is 0. The van der Waals surface area contributed by atoms with Crippen LogP contribution in [-0.2, 0) is 33.0 Å². The molecule has 1 aliphatic carbocycles. The molecule has 0 saturated heterocycles. The molecule has 31 heavy (non-hydrogen) atoms. The third-order valence-corrected chi connectivity index (χ3v) is 7.36. The van der Waals surface area contributed by atoms with E-state index in [9.17, 15) is 13.0 Å². The number of hydrogen-bond donors (Lipinski definition) is 1. The molecule has 164 valence electrons. The molecule has 0 saturated carbocycles. The largest absolute Gasteiger partial charge is 0.454 e. The van der Waals surface area contributed by atoms with Gasteiger partial charge in [0.1, 0.15) is 0 Å². The Bertz CT molecular complexity index is 1210. The number of benzene rings is 2. The van der Waals surface area contributed by atoms with Crippen LogP contribution in [0.3, 0.4) is 0 Å². The van der Waals surface area contributed by atoms with Crippen molar-refractivity contribution in [1.82, 2.24) is 4.90 Å². The van der Waals surface area contributed by atoms with E-state index in [2.05, 4.69) is 4.90 Å². The zero-order valence-corrected chi connectivity index (χ0v) is 17.8. The molecule has 0 aromatic heterocycles. The van der Waals surface area contributed by atoms with Crippen molar-refractivity contribution in [3.63, 3.8) is 0 Å². The van der Waals surface area contributed by atoms with E-state index in [1.54, 1.807) is 0 Å².